The van der Waals surface area contributed by atoms with Crippen molar-refractivity contribution in [3.8, 4) is 11.4 Å². The molecular weight excluding hydrogens is 386 g/mol. The van der Waals surface area contributed by atoms with Crippen molar-refractivity contribution in [2.24, 2.45) is 0 Å². The summed E-state index contributed by atoms with van der Waals surface area (Å²) < 4.78 is 32.0. The minimum Gasteiger partial charge on any atom is -0.465 e. The van der Waals surface area contributed by atoms with Gasteiger partial charge in [-0.05, 0) is 36.4 Å². The molecular formula is C17H13N5O5S. The zero-order valence-corrected chi connectivity index (χ0v) is 14.9. The van der Waals surface area contributed by atoms with Crippen LogP contribution in [0.1, 0.15) is 0 Å². The molecule has 0 radical (unpaired) electrons. The number of imidazole rings is 2. The third kappa shape index (κ3) is 3.50. The number of fused-ring (bicyclic) bond motifs is 1. The predicted molar refractivity (Wildman–Crippen MR) is 99.1 cm³/mol. The Labute approximate surface area is 158 Å². The number of hydrogen-bond acceptors (Lipinski definition) is 6. The Hall–Kier alpha value is -3.86. The molecule has 1 amide bonds. The average molecular weight is 399 g/mol. The molecule has 0 aliphatic rings. The van der Waals surface area contributed by atoms with Gasteiger partial charge in [0.1, 0.15) is 10.6 Å². The summed E-state index contributed by atoms with van der Waals surface area (Å²) in [5.41, 5.74) is 1.64. The highest BCUT2D eigenvalue weighted by molar-refractivity contribution is 7.87. The summed E-state index contributed by atoms with van der Waals surface area (Å²) in [6.07, 6.45) is 3.70. The highest BCUT2D eigenvalue weighted by Crippen LogP contribution is 2.24. The van der Waals surface area contributed by atoms with E-state index < -0.39 is 16.2 Å². The van der Waals surface area contributed by atoms with Gasteiger partial charge in [0.15, 0.2) is 0 Å². The summed E-state index contributed by atoms with van der Waals surface area (Å²) in [5.74, 6) is 0.0920. The van der Waals surface area contributed by atoms with Gasteiger partial charge in [0.25, 0.3) is 0 Å². The summed E-state index contributed by atoms with van der Waals surface area (Å²) >= 11 is 0. The van der Waals surface area contributed by atoms with E-state index in [0.29, 0.717) is 11.0 Å². The van der Waals surface area contributed by atoms with Crippen LogP contribution in [-0.2, 0) is 10.1 Å². The van der Waals surface area contributed by atoms with Crippen LogP contribution in [0.5, 0.6) is 5.75 Å². The maximum Gasteiger partial charge on any atom is 0.411 e. The molecule has 2 heterocycles. The van der Waals surface area contributed by atoms with Crippen molar-refractivity contribution in [3.63, 3.8) is 0 Å². The first-order chi connectivity index (χ1) is 13.4. The van der Waals surface area contributed by atoms with Crippen molar-refractivity contribution in [2.45, 2.75) is 4.90 Å². The molecule has 0 aliphatic heterocycles. The maximum atomic E-state index is 12.5. The molecule has 4 rings (SSSR count). The molecule has 4 aromatic rings. The van der Waals surface area contributed by atoms with E-state index >= 15 is 0 Å². The molecule has 11 heteroatoms. The van der Waals surface area contributed by atoms with E-state index in [-0.39, 0.29) is 16.6 Å². The summed E-state index contributed by atoms with van der Waals surface area (Å²) in [5, 5.41) is 10.8. The fourth-order valence-corrected chi connectivity index (χ4v) is 3.50. The topological polar surface area (TPSA) is 139 Å². The number of amides is 1. The van der Waals surface area contributed by atoms with Gasteiger partial charge >= 0.3 is 16.2 Å². The van der Waals surface area contributed by atoms with Crippen molar-refractivity contribution in [1.29, 1.82) is 0 Å². The Morgan fingerprint density at radius 1 is 1.18 bits per heavy atom. The van der Waals surface area contributed by atoms with Crippen molar-refractivity contribution in [3.05, 3.63) is 61.2 Å². The van der Waals surface area contributed by atoms with Crippen LogP contribution in [0.2, 0.25) is 0 Å². The molecule has 2 aromatic heterocycles. The number of nitrogens with zero attached hydrogens (tertiary/aromatic N) is 3. The van der Waals surface area contributed by atoms with Crippen LogP contribution in [0.25, 0.3) is 16.7 Å². The first-order valence-corrected chi connectivity index (χ1v) is 9.34. The standard InChI is InChI=1S/C17H13N5O5S/c23-17(24)21-16-19-14-6-3-12(9-15(14)20-16)27-28(25,26)13-4-1-11(2-5-13)22-8-7-18-10-22/h1-10H,(H,23,24)(H2,19,20,21). The number of carbonyl (C=O) groups is 1. The van der Waals surface area contributed by atoms with Crippen LogP contribution in [0, 0.1) is 0 Å². The molecule has 0 fully saturated rings. The molecule has 28 heavy (non-hydrogen) atoms. The first kappa shape index (κ1) is 17.5. The van der Waals surface area contributed by atoms with Crippen LogP contribution in [-0.4, -0.2) is 39.1 Å². The van der Waals surface area contributed by atoms with Crippen LogP contribution in [0.15, 0.2) is 66.1 Å². The predicted octanol–water partition coefficient (Wildman–Crippen LogP) is 2.61. The zero-order chi connectivity index (χ0) is 19.7. The first-order valence-electron chi connectivity index (χ1n) is 7.93. The number of benzene rings is 2. The molecule has 142 valence electrons. The Morgan fingerprint density at radius 2 is 1.96 bits per heavy atom. The summed E-state index contributed by atoms with van der Waals surface area (Å²) in [6.45, 7) is 0. The van der Waals surface area contributed by atoms with E-state index in [1.54, 1.807) is 35.4 Å². The minimum atomic E-state index is -4.05. The van der Waals surface area contributed by atoms with Gasteiger partial charge < -0.3 is 18.8 Å². The largest absolute Gasteiger partial charge is 0.465 e. The van der Waals surface area contributed by atoms with Crippen molar-refractivity contribution in [1.82, 2.24) is 19.5 Å². The lowest BCUT2D eigenvalue weighted by Crippen LogP contribution is -2.09. The van der Waals surface area contributed by atoms with E-state index in [1.165, 1.54) is 30.3 Å². The monoisotopic (exact) mass is 399 g/mol. The molecule has 0 atom stereocenters. The van der Waals surface area contributed by atoms with Crippen LogP contribution in [0.3, 0.4) is 0 Å². The van der Waals surface area contributed by atoms with Gasteiger partial charge in [0, 0.05) is 24.1 Å². The number of carboxylic acid groups (broad SMARTS) is 1. The van der Waals surface area contributed by atoms with Gasteiger partial charge in [-0.25, -0.2) is 14.8 Å². The Balaban J connectivity index is 1.57. The van der Waals surface area contributed by atoms with Gasteiger partial charge in [0.05, 0.1) is 17.4 Å². The molecule has 10 nitrogen and oxygen atoms in total. The molecule has 0 saturated heterocycles. The normalized spacial score (nSPS) is 11.4. The number of H-pyrrole nitrogens is 1. The Bertz CT molecular complexity index is 1250. The van der Waals surface area contributed by atoms with E-state index in [0.717, 1.165) is 5.69 Å². The minimum absolute atomic E-state index is 0.00527. The lowest BCUT2D eigenvalue weighted by molar-refractivity contribution is 0.209. The number of aromatic nitrogens is 4. The second kappa shape index (κ2) is 6.70. The van der Waals surface area contributed by atoms with E-state index in [2.05, 4.69) is 20.3 Å². The van der Waals surface area contributed by atoms with Gasteiger partial charge in [-0.1, -0.05) is 0 Å². The van der Waals surface area contributed by atoms with Crippen LogP contribution in [0.4, 0.5) is 10.7 Å². The number of anilines is 1. The summed E-state index contributed by atoms with van der Waals surface area (Å²) in [6, 6.07) is 10.5. The molecule has 2 aromatic carbocycles. The van der Waals surface area contributed by atoms with Crippen LogP contribution < -0.4 is 9.50 Å². The number of nitrogens with one attached hydrogen (secondary N) is 2. The zero-order valence-electron chi connectivity index (χ0n) is 14.1. The molecule has 3 N–H and O–H groups in total. The quantitative estimate of drug-likeness (QED) is 0.438. The van der Waals surface area contributed by atoms with E-state index in [1.807, 2.05) is 0 Å². The SMILES string of the molecule is O=C(O)Nc1nc2ccc(OS(=O)(=O)c3ccc(-n4ccnc4)cc3)cc2[nH]1. The molecule has 0 bridgehead atoms. The van der Waals surface area contributed by atoms with Crippen LogP contribution >= 0.6 is 0 Å². The van der Waals surface area contributed by atoms with Gasteiger partial charge in [0.2, 0.25) is 5.95 Å². The summed E-state index contributed by atoms with van der Waals surface area (Å²) in [7, 11) is -4.05. The van der Waals surface area contributed by atoms with E-state index in [9.17, 15) is 13.2 Å². The Morgan fingerprint density at radius 3 is 2.64 bits per heavy atom. The second-order valence-corrected chi connectivity index (χ2v) is 7.24. The lowest BCUT2D eigenvalue weighted by atomic mass is 10.3. The fourth-order valence-electron chi connectivity index (χ4n) is 2.57. The molecule has 0 aliphatic carbocycles. The fraction of sp³-hybridized carbons (Fsp3) is 0. The molecule has 0 saturated carbocycles. The van der Waals surface area contributed by atoms with E-state index in [4.69, 9.17) is 9.29 Å². The molecule has 0 unspecified atom stereocenters. The summed E-state index contributed by atoms with van der Waals surface area (Å²) in [4.78, 5) is 21.4. The number of rotatable bonds is 5. The maximum absolute atomic E-state index is 12.5. The highest BCUT2D eigenvalue weighted by atomic mass is 32.2. The third-order valence-corrected chi connectivity index (χ3v) is 5.07. The number of aromatic amines is 1. The van der Waals surface area contributed by atoms with Gasteiger partial charge in [-0.2, -0.15) is 8.42 Å². The second-order valence-electron chi connectivity index (χ2n) is 5.70. The smallest absolute Gasteiger partial charge is 0.411 e. The van der Waals surface area contributed by atoms with Gasteiger partial charge in [-0.15, -0.1) is 0 Å². The van der Waals surface area contributed by atoms with Gasteiger partial charge in [-0.3, -0.25) is 5.32 Å². The van der Waals surface area contributed by atoms with Crippen molar-refractivity contribution in [2.75, 3.05) is 5.32 Å². The van der Waals surface area contributed by atoms with Crippen molar-refractivity contribution < 1.29 is 22.5 Å². The Kier molecular flexibility index (Phi) is 4.20. The average Bonchev–Trinajstić information content (AvgIpc) is 3.30. The molecule has 0 spiro atoms. The lowest BCUT2D eigenvalue weighted by Gasteiger charge is -2.08. The third-order valence-electron chi connectivity index (χ3n) is 3.81. The number of hydrogen-bond donors (Lipinski definition) is 3. The van der Waals surface area contributed by atoms with Crippen molar-refractivity contribution >= 4 is 33.2 Å². The highest BCUT2D eigenvalue weighted by Gasteiger charge is 2.17.